The average molecular weight is 474 g/mol. The smallest absolute Gasteiger partial charge is 0.129 e. The highest BCUT2D eigenvalue weighted by atomic mass is 32.2. The highest BCUT2D eigenvalue weighted by Gasteiger charge is 2.17. The van der Waals surface area contributed by atoms with Crippen LogP contribution in [0.4, 0.5) is 11.5 Å². The first-order valence-corrected chi connectivity index (χ1v) is 13.2. The number of anilines is 2. The minimum absolute atomic E-state index is 0.376. The van der Waals surface area contributed by atoms with Gasteiger partial charge in [-0.2, -0.15) is 0 Å². The second-order valence-electron chi connectivity index (χ2n) is 9.22. The van der Waals surface area contributed by atoms with Crippen LogP contribution in [0.1, 0.15) is 51.7 Å². The normalized spacial score (nSPS) is 16.8. The first-order valence-electron chi connectivity index (χ1n) is 12.2. The molecule has 4 heteroatoms. The van der Waals surface area contributed by atoms with Crippen LogP contribution in [0.3, 0.4) is 0 Å². The third kappa shape index (κ3) is 6.66. The van der Waals surface area contributed by atoms with Gasteiger partial charge in [-0.05, 0) is 97.7 Å². The Kier molecular flexibility index (Phi) is 9.23. The first kappa shape index (κ1) is 25.9. The molecule has 1 saturated heterocycles. The molecule has 1 aromatic carbocycles. The van der Waals surface area contributed by atoms with Crippen molar-refractivity contribution in [1.29, 1.82) is 0 Å². The molecule has 0 aliphatic carbocycles. The largest absolute Gasteiger partial charge is 0.357 e. The molecule has 0 saturated carbocycles. The summed E-state index contributed by atoms with van der Waals surface area (Å²) in [5.74, 6) is 1.84. The summed E-state index contributed by atoms with van der Waals surface area (Å²) < 4.78 is 0. The van der Waals surface area contributed by atoms with Gasteiger partial charge in [0.25, 0.3) is 0 Å². The molecule has 1 aliphatic rings. The van der Waals surface area contributed by atoms with Crippen molar-refractivity contribution < 1.29 is 0 Å². The number of aryl methyl sites for hydroxylation is 1. The van der Waals surface area contributed by atoms with Gasteiger partial charge in [0.2, 0.25) is 0 Å². The van der Waals surface area contributed by atoms with E-state index in [-0.39, 0.29) is 0 Å². The Labute approximate surface area is 210 Å². The Hall–Kier alpha value is -2.72. The molecule has 1 atom stereocenters. The van der Waals surface area contributed by atoms with E-state index >= 15 is 0 Å². The third-order valence-corrected chi connectivity index (χ3v) is 7.63. The summed E-state index contributed by atoms with van der Waals surface area (Å²) in [5.41, 5.74) is 5.44. The average Bonchev–Trinajstić information content (AvgIpc) is 2.84. The molecular weight excluding hydrogens is 434 g/mol. The van der Waals surface area contributed by atoms with E-state index in [1.807, 2.05) is 24.0 Å². The summed E-state index contributed by atoms with van der Waals surface area (Å²) >= 11 is 1.82. The first-order chi connectivity index (χ1) is 16.3. The number of thioether (sulfide) groups is 1. The number of hydrogen-bond acceptors (Lipinski definition) is 4. The molecule has 1 N–H and O–H groups in total. The summed E-state index contributed by atoms with van der Waals surface area (Å²) in [6.45, 7) is 21.6. The zero-order chi connectivity index (χ0) is 24.7. The van der Waals surface area contributed by atoms with Crippen molar-refractivity contribution in [2.45, 2.75) is 52.7 Å². The number of nitrogens with zero attached hydrogens (tertiary/aromatic N) is 2. The van der Waals surface area contributed by atoms with Crippen LogP contribution in [-0.4, -0.2) is 23.3 Å². The second kappa shape index (κ2) is 12.1. The van der Waals surface area contributed by atoms with Crippen molar-refractivity contribution >= 4 is 41.6 Å². The molecule has 3 rings (SSSR count). The van der Waals surface area contributed by atoms with Crippen molar-refractivity contribution in [3.05, 3.63) is 81.7 Å². The molecule has 3 nitrogen and oxygen atoms in total. The molecule has 0 radical (unpaired) electrons. The van der Waals surface area contributed by atoms with E-state index in [9.17, 15) is 0 Å². The summed E-state index contributed by atoms with van der Waals surface area (Å²) in [6, 6.07) is 8.52. The van der Waals surface area contributed by atoms with Crippen LogP contribution in [0.5, 0.6) is 0 Å². The number of hydrogen-bond donors (Lipinski definition) is 1. The standard InChI is InChI=1S/C30H39N3S/c1-8-16-34-25(7)26(9-2)18-28-19-29(23(5)17-22(28)4)32-24(6)27-10-13-31-30(20-27)33-14-11-21(3)12-15-33/h8-10,13,16-21,25,32H,4,6,11-12,14-15H2,1-3,5,7H3/b16-8?,26-9?,28-18-. The summed E-state index contributed by atoms with van der Waals surface area (Å²) in [6.07, 6.45) is 10.9. The van der Waals surface area contributed by atoms with Crippen LogP contribution in [0.2, 0.25) is 0 Å². The fourth-order valence-electron chi connectivity index (χ4n) is 4.19. The zero-order valence-electron chi connectivity index (χ0n) is 21.4. The number of benzene rings is 1. The van der Waals surface area contributed by atoms with E-state index in [1.54, 1.807) is 0 Å². The van der Waals surface area contributed by atoms with Crippen molar-refractivity contribution in [2.24, 2.45) is 5.92 Å². The molecule has 34 heavy (non-hydrogen) atoms. The van der Waals surface area contributed by atoms with Gasteiger partial charge in [0.05, 0.1) is 0 Å². The Morgan fingerprint density at radius 1 is 1.24 bits per heavy atom. The van der Waals surface area contributed by atoms with Gasteiger partial charge in [0, 0.05) is 41.5 Å². The molecule has 2 heterocycles. The molecule has 1 fully saturated rings. The molecule has 0 amide bonds. The summed E-state index contributed by atoms with van der Waals surface area (Å²) in [7, 11) is 0. The van der Waals surface area contributed by atoms with Crippen LogP contribution in [0.25, 0.3) is 18.4 Å². The predicted molar refractivity (Wildman–Crippen MR) is 154 cm³/mol. The highest BCUT2D eigenvalue weighted by Crippen LogP contribution is 2.25. The lowest BCUT2D eigenvalue weighted by Gasteiger charge is -2.31. The van der Waals surface area contributed by atoms with Gasteiger partial charge in [-0.1, -0.05) is 38.3 Å². The lowest BCUT2D eigenvalue weighted by atomic mass is 9.99. The van der Waals surface area contributed by atoms with Crippen molar-refractivity contribution in [2.75, 3.05) is 23.3 Å². The van der Waals surface area contributed by atoms with E-state index in [2.05, 4.69) is 105 Å². The summed E-state index contributed by atoms with van der Waals surface area (Å²) in [5, 5.41) is 8.24. The fraction of sp³-hybridized carbons (Fsp3) is 0.367. The van der Waals surface area contributed by atoms with Gasteiger partial charge in [-0.15, -0.1) is 11.8 Å². The van der Waals surface area contributed by atoms with Gasteiger partial charge in [-0.3, -0.25) is 0 Å². The Bertz CT molecular complexity index is 1170. The molecule has 180 valence electrons. The van der Waals surface area contributed by atoms with E-state index in [0.29, 0.717) is 5.25 Å². The van der Waals surface area contributed by atoms with Gasteiger partial charge in [0.1, 0.15) is 5.82 Å². The molecule has 2 aromatic rings. The van der Waals surface area contributed by atoms with Gasteiger partial charge >= 0.3 is 0 Å². The van der Waals surface area contributed by atoms with E-state index in [4.69, 9.17) is 0 Å². The van der Waals surface area contributed by atoms with Crippen LogP contribution in [-0.2, 0) is 0 Å². The number of allylic oxidation sites excluding steroid dienone is 2. The lowest BCUT2D eigenvalue weighted by Crippen LogP contribution is -2.33. The van der Waals surface area contributed by atoms with Crippen LogP contribution < -0.4 is 20.7 Å². The quantitative estimate of drug-likeness (QED) is 0.473. The van der Waals surface area contributed by atoms with E-state index < -0.39 is 0 Å². The van der Waals surface area contributed by atoms with Crippen molar-refractivity contribution in [3.63, 3.8) is 0 Å². The van der Waals surface area contributed by atoms with Crippen molar-refractivity contribution in [3.8, 4) is 0 Å². The van der Waals surface area contributed by atoms with Crippen LogP contribution in [0, 0.1) is 12.8 Å². The predicted octanol–water partition coefficient (Wildman–Crippen LogP) is 6.50. The van der Waals surface area contributed by atoms with E-state index in [0.717, 1.165) is 57.8 Å². The maximum atomic E-state index is 4.63. The number of pyridine rings is 1. The maximum Gasteiger partial charge on any atom is 0.129 e. The fourth-order valence-corrected chi connectivity index (χ4v) is 4.95. The third-order valence-electron chi connectivity index (χ3n) is 6.52. The molecule has 0 bridgehead atoms. The minimum atomic E-state index is 0.376. The van der Waals surface area contributed by atoms with Gasteiger partial charge in [0.15, 0.2) is 0 Å². The number of piperidine rings is 1. The Morgan fingerprint density at radius 2 is 1.97 bits per heavy atom. The molecule has 1 unspecified atom stereocenters. The van der Waals surface area contributed by atoms with Crippen LogP contribution >= 0.6 is 11.8 Å². The van der Waals surface area contributed by atoms with E-state index in [1.165, 1.54) is 18.4 Å². The van der Waals surface area contributed by atoms with Crippen LogP contribution in [0.15, 0.2) is 60.2 Å². The number of rotatable bonds is 8. The zero-order valence-corrected chi connectivity index (χ0v) is 22.2. The summed E-state index contributed by atoms with van der Waals surface area (Å²) in [4.78, 5) is 7.02. The maximum absolute atomic E-state index is 4.63. The highest BCUT2D eigenvalue weighted by molar-refractivity contribution is 8.02. The number of aromatic nitrogens is 1. The van der Waals surface area contributed by atoms with Gasteiger partial charge in [-0.25, -0.2) is 4.98 Å². The molecule has 1 aliphatic heterocycles. The topological polar surface area (TPSA) is 28.2 Å². The Morgan fingerprint density at radius 3 is 2.65 bits per heavy atom. The Balaban J connectivity index is 1.84. The molecule has 1 aromatic heterocycles. The SMILES string of the molecule is C=C(Nc1c/c(=C/C(=CC)C(C)SC=CC)c(=C)cc1C)c1ccnc(N2CCC(C)CC2)c1. The van der Waals surface area contributed by atoms with Crippen molar-refractivity contribution in [1.82, 2.24) is 4.98 Å². The minimum Gasteiger partial charge on any atom is -0.357 e. The number of nitrogens with one attached hydrogen (secondary N) is 1. The van der Waals surface area contributed by atoms with Gasteiger partial charge < -0.3 is 10.2 Å². The monoisotopic (exact) mass is 473 g/mol. The second-order valence-corrected chi connectivity index (χ2v) is 10.5. The molecular formula is C30H39N3S. The molecule has 0 spiro atoms. The lowest BCUT2D eigenvalue weighted by molar-refractivity contribution is 0.436.